The van der Waals surface area contributed by atoms with Gasteiger partial charge in [-0.05, 0) is 57.5 Å². The summed E-state index contributed by atoms with van der Waals surface area (Å²) in [5, 5.41) is 4.70. The predicted octanol–water partition coefficient (Wildman–Crippen LogP) is 3.91. The third-order valence-electron chi connectivity index (χ3n) is 4.80. The summed E-state index contributed by atoms with van der Waals surface area (Å²) in [6.45, 7) is 5.92. The van der Waals surface area contributed by atoms with Crippen molar-refractivity contribution in [2.75, 3.05) is 20.1 Å². The topological polar surface area (TPSA) is 42.2 Å². The van der Waals surface area contributed by atoms with Crippen molar-refractivity contribution in [3.8, 4) is 0 Å². The van der Waals surface area contributed by atoms with E-state index in [9.17, 15) is 0 Å². The minimum absolute atomic E-state index is 0.269. The fraction of sp³-hybridized carbons (Fsp3) is 0.529. The maximum Gasteiger partial charge on any atom is 0.242 e. The van der Waals surface area contributed by atoms with Crippen molar-refractivity contribution in [3.05, 3.63) is 46.6 Å². The van der Waals surface area contributed by atoms with E-state index < -0.39 is 4.75 Å². The monoisotopic (exact) mass is 351 g/mol. The molecule has 1 aromatic carbocycles. The fourth-order valence-corrected chi connectivity index (χ4v) is 3.93. The van der Waals surface area contributed by atoms with Crippen LogP contribution in [0, 0.1) is 12.8 Å². The van der Waals surface area contributed by atoms with E-state index in [1.165, 1.54) is 5.56 Å². The quantitative estimate of drug-likeness (QED) is 0.851. The first kappa shape index (κ1) is 16.8. The lowest BCUT2D eigenvalue weighted by Gasteiger charge is -2.43. The van der Waals surface area contributed by atoms with Gasteiger partial charge in [0.2, 0.25) is 5.89 Å². The van der Waals surface area contributed by atoms with E-state index in [1.54, 1.807) is 0 Å². The van der Waals surface area contributed by atoms with Crippen molar-refractivity contribution in [1.82, 2.24) is 15.0 Å². The molecule has 1 unspecified atom stereocenters. The van der Waals surface area contributed by atoms with Gasteiger partial charge in [-0.2, -0.15) is 17.6 Å². The highest BCUT2D eigenvalue weighted by Gasteiger charge is 2.44. The normalized spacial score (nSPS) is 25.3. The average molecular weight is 352 g/mol. The maximum atomic E-state index is 6.04. The van der Waals surface area contributed by atoms with E-state index in [0.29, 0.717) is 17.6 Å². The van der Waals surface area contributed by atoms with Crippen LogP contribution in [0.1, 0.15) is 36.5 Å². The van der Waals surface area contributed by atoms with Crippen molar-refractivity contribution in [2.24, 2.45) is 5.92 Å². The molecule has 3 rings (SSSR count). The zero-order valence-corrected chi connectivity index (χ0v) is 15.3. The molecule has 3 atom stereocenters. The zero-order valence-electron chi connectivity index (χ0n) is 13.7. The summed E-state index contributed by atoms with van der Waals surface area (Å²) in [5.74, 6) is 1.90. The van der Waals surface area contributed by atoms with Crippen LogP contribution >= 0.6 is 24.2 Å². The van der Waals surface area contributed by atoms with Crippen LogP contribution in [0.4, 0.5) is 0 Å². The number of aromatic nitrogens is 2. The molecule has 124 valence electrons. The minimum atomic E-state index is -0.486. The molecular formula is C17H22ClN3OS. The number of nitrogens with zero attached hydrogens (tertiary/aromatic N) is 3. The second kappa shape index (κ2) is 6.46. The highest BCUT2D eigenvalue weighted by molar-refractivity contribution is 7.81. The van der Waals surface area contributed by atoms with E-state index in [0.717, 1.165) is 24.5 Å². The van der Waals surface area contributed by atoms with Gasteiger partial charge in [0.25, 0.3) is 0 Å². The summed E-state index contributed by atoms with van der Waals surface area (Å²) in [6, 6.07) is 8.15. The molecule has 2 heterocycles. The Morgan fingerprint density at radius 2 is 2.04 bits per heavy atom. The lowest BCUT2D eigenvalue weighted by Crippen LogP contribution is -2.45. The van der Waals surface area contributed by atoms with Crippen LogP contribution in [0.5, 0.6) is 0 Å². The highest BCUT2D eigenvalue weighted by atomic mass is 35.5. The fourth-order valence-electron chi connectivity index (χ4n) is 3.45. The van der Waals surface area contributed by atoms with E-state index in [2.05, 4.69) is 41.1 Å². The molecule has 0 bridgehead atoms. The van der Waals surface area contributed by atoms with E-state index in [1.807, 2.05) is 19.1 Å². The Hall–Kier alpha value is -1.04. The van der Waals surface area contributed by atoms with Crippen LogP contribution in [0.25, 0.3) is 0 Å². The van der Waals surface area contributed by atoms with Crippen LogP contribution in [-0.4, -0.2) is 35.2 Å². The molecule has 0 saturated carbocycles. The Morgan fingerprint density at radius 1 is 1.35 bits per heavy atom. The molecule has 0 N–H and O–H groups in total. The first-order chi connectivity index (χ1) is 10.9. The number of thiol groups is 1. The number of rotatable bonds is 3. The molecule has 1 aliphatic rings. The third-order valence-corrected chi connectivity index (χ3v) is 5.57. The van der Waals surface area contributed by atoms with Crippen molar-refractivity contribution >= 4 is 24.2 Å². The number of aryl methyl sites for hydroxylation is 1. The van der Waals surface area contributed by atoms with E-state index in [-0.39, 0.29) is 5.92 Å². The van der Waals surface area contributed by atoms with E-state index in [4.69, 9.17) is 28.8 Å². The Balaban J connectivity index is 1.96. The molecule has 0 amide bonds. The first-order valence-corrected chi connectivity index (χ1v) is 8.67. The smallest absolute Gasteiger partial charge is 0.242 e. The van der Waals surface area contributed by atoms with Crippen molar-refractivity contribution in [1.29, 1.82) is 0 Å². The molecule has 1 fully saturated rings. The van der Waals surface area contributed by atoms with Gasteiger partial charge >= 0.3 is 0 Å². The van der Waals surface area contributed by atoms with Crippen LogP contribution < -0.4 is 0 Å². The molecule has 2 aromatic rings. The van der Waals surface area contributed by atoms with Gasteiger partial charge < -0.3 is 9.42 Å². The first-order valence-electron chi connectivity index (χ1n) is 7.85. The number of hydrogen-bond acceptors (Lipinski definition) is 5. The highest BCUT2D eigenvalue weighted by Crippen LogP contribution is 2.46. The number of halogens is 1. The molecule has 0 aliphatic carbocycles. The summed E-state index contributed by atoms with van der Waals surface area (Å²) in [4.78, 5) is 6.77. The van der Waals surface area contributed by atoms with Gasteiger partial charge in [-0.15, -0.1) is 0 Å². The molecule has 6 heteroatoms. The average Bonchev–Trinajstić information content (AvgIpc) is 2.96. The lowest BCUT2D eigenvalue weighted by molar-refractivity contribution is 0.140. The van der Waals surface area contributed by atoms with Gasteiger partial charge in [0.15, 0.2) is 5.82 Å². The second-order valence-corrected chi connectivity index (χ2v) is 7.98. The summed E-state index contributed by atoms with van der Waals surface area (Å²) >= 11 is 11.0. The van der Waals surface area contributed by atoms with Gasteiger partial charge in [-0.3, -0.25) is 0 Å². The van der Waals surface area contributed by atoms with Crippen LogP contribution in [0.2, 0.25) is 5.02 Å². The summed E-state index contributed by atoms with van der Waals surface area (Å²) in [5.41, 5.74) is 1.30. The van der Waals surface area contributed by atoms with Crippen LogP contribution in [0.3, 0.4) is 0 Å². The molecule has 23 heavy (non-hydrogen) atoms. The SMILES string of the molecule is Cc1noc(C(C)(S)[C@H]2CN(C)CC[C@@H]2c2ccc(Cl)cc2)n1. The third kappa shape index (κ3) is 3.42. The van der Waals surface area contributed by atoms with Crippen molar-refractivity contribution < 1.29 is 4.52 Å². The Morgan fingerprint density at radius 3 is 2.65 bits per heavy atom. The Labute approximate surface area is 147 Å². The Bertz CT molecular complexity index is 671. The summed E-state index contributed by atoms with van der Waals surface area (Å²) in [6.07, 6.45) is 1.08. The number of hydrogen-bond donors (Lipinski definition) is 1. The molecule has 1 saturated heterocycles. The number of benzene rings is 1. The molecular weight excluding hydrogens is 330 g/mol. The van der Waals surface area contributed by atoms with Crippen molar-refractivity contribution in [2.45, 2.75) is 30.9 Å². The van der Waals surface area contributed by atoms with Gasteiger partial charge in [0.05, 0.1) is 4.75 Å². The van der Waals surface area contributed by atoms with Crippen LogP contribution in [-0.2, 0) is 4.75 Å². The minimum Gasteiger partial charge on any atom is -0.338 e. The lowest BCUT2D eigenvalue weighted by atomic mass is 9.73. The zero-order chi connectivity index (χ0) is 16.6. The van der Waals surface area contributed by atoms with Crippen LogP contribution in [0.15, 0.2) is 28.8 Å². The Kier molecular flexibility index (Phi) is 4.72. The molecule has 1 aromatic heterocycles. The summed E-state index contributed by atoms with van der Waals surface area (Å²) in [7, 11) is 2.15. The second-order valence-electron chi connectivity index (χ2n) is 6.61. The van der Waals surface area contributed by atoms with E-state index >= 15 is 0 Å². The van der Waals surface area contributed by atoms with Crippen molar-refractivity contribution in [3.63, 3.8) is 0 Å². The standard InChI is InChI=1S/C17H22ClN3OS/c1-11-19-16(22-20-11)17(2,23)15-10-21(3)9-8-14(15)12-4-6-13(18)7-5-12/h4-7,14-15,23H,8-10H2,1-3H3/t14-,15+,17?/m1/s1. The largest absolute Gasteiger partial charge is 0.338 e. The number of piperidine rings is 1. The van der Waals surface area contributed by atoms with Gasteiger partial charge in [-0.25, -0.2) is 0 Å². The predicted molar refractivity (Wildman–Crippen MR) is 95.2 cm³/mol. The van der Waals surface area contributed by atoms with Gasteiger partial charge in [-0.1, -0.05) is 28.9 Å². The molecule has 0 radical (unpaired) electrons. The molecule has 0 spiro atoms. The number of likely N-dealkylation sites (tertiary alicyclic amines) is 1. The molecule has 1 aliphatic heterocycles. The van der Waals surface area contributed by atoms with Gasteiger partial charge in [0, 0.05) is 17.5 Å². The maximum absolute atomic E-state index is 6.04. The molecule has 4 nitrogen and oxygen atoms in total. The summed E-state index contributed by atoms with van der Waals surface area (Å²) < 4.78 is 4.96. The van der Waals surface area contributed by atoms with Gasteiger partial charge in [0.1, 0.15) is 0 Å².